The summed E-state index contributed by atoms with van der Waals surface area (Å²) in [4.78, 5) is 0. The van der Waals surface area contributed by atoms with E-state index in [9.17, 15) is 8.42 Å². The second kappa shape index (κ2) is 6.70. The monoisotopic (exact) mass is 305 g/mol. The first-order valence-electron chi connectivity index (χ1n) is 7.57. The highest BCUT2D eigenvalue weighted by Crippen LogP contribution is 2.19. The first kappa shape index (κ1) is 16.2. The number of ether oxygens (including phenoxy) is 1. The van der Waals surface area contributed by atoms with Crippen LogP contribution in [0, 0.1) is 0 Å². The second-order valence-corrected chi connectivity index (χ2v) is 7.81. The van der Waals surface area contributed by atoms with Crippen molar-refractivity contribution < 1.29 is 13.2 Å². The summed E-state index contributed by atoms with van der Waals surface area (Å²) in [6.45, 7) is 4.61. The lowest BCUT2D eigenvalue weighted by Crippen LogP contribution is -2.56. The molecule has 1 saturated heterocycles. The normalized spacial score (nSPS) is 37.5. The van der Waals surface area contributed by atoms with Crippen LogP contribution in [0.15, 0.2) is 0 Å². The first-order chi connectivity index (χ1) is 9.38. The molecule has 0 amide bonds. The molecule has 0 aromatic rings. The van der Waals surface area contributed by atoms with E-state index in [0.717, 1.165) is 32.1 Å². The molecular formula is C13H27N3O3S. The molecule has 0 spiro atoms. The van der Waals surface area contributed by atoms with Gasteiger partial charge in [-0.1, -0.05) is 19.3 Å². The average molecular weight is 305 g/mol. The zero-order valence-corrected chi connectivity index (χ0v) is 13.2. The lowest BCUT2D eigenvalue weighted by Gasteiger charge is -2.35. The van der Waals surface area contributed by atoms with E-state index >= 15 is 0 Å². The van der Waals surface area contributed by atoms with Gasteiger partial charge < -0.3 is 10.5 Å². The van der Waals surface area contributed by atoms with Gasteiger partial charge in [-0.25, -0.2) is 0 Å². The van der Waals surface area contributed by atoms with Crippen molar-refractivity contribution in [3.8, 4) is 0 Å². The van der Waals surface area contributed by atoms with E-state index in [1.807, 2.05) is 13.8 Å². The first-order valence-corrected chi connectivity index (χ1v) is 9.01. The molecule has 3 N–H and O–H groups in total. The van der Waals surface area contributed by atoms with Gasteiger partial charge in [0, 0.05) is 25.2 Å². The number of morpholine rings is 1. The third-order valence-electron chi connectivity index (χ3n) is 4.10. The Morgan fingerprint density at radius 3 is 2.35 bits per heavy atom. The van der Waals surface area contributed by atoms with Crippen LogP contribution in [0.25, 0.3) is 0 Å². The summed E-state index contributed by atoms with van der Waals surface area (Å²) in [7, 11) is -3.47. The maximum Gasteiger partial charge on any atom is 0.279 e. The third-order valence-corrected chi connectivity index (χ3v) is 5.67. The summed E-state index contributed by atoms with van der Waals surface area (Å²) in [6, 6.07) is -0.223. The molecule has 0 bridgehead atoms. The van der Waals surface area contributed by atoms with Crippen molar-refractivity contribution >= 4 is 10.2 Å². The summed E-state index contributed by atoms with van der Waals surface area (Å²) in [5.74, 6) is 0. The standard InChI is InChI=1S/C13H27N3O3S/c1-10-8-16(9-11(2)19-10)20(17,18)15-13-7-5-3-4-6-12(13)14/h10-13,15H,3-9,14H2,1-2H3. The lowest BCUT2D eigenvalue weighted by molar-refractivity contribution is -0.0444. The van der Waals surface area contributed by atoms with Crippen LogP contribution < -0.4 is 10.5 Å². The highest BCUT2D eigenvalue weighted by atomic mass is 32.2. The van der Waals surface area contributed by atoms with Gasteiger partial charge in [0.05, 0.1) is 12.2 Å². The molecule has 2 fully saturated rings. The summed E-state index contributed by atoms with van der Waals surface area (Å²) in [5, 5.41) is 0. The minimum absolute atomic E-state index is 0.0712. The quantitative estimate of drug-likeness (QED) is 0.747. The molecule has 1 saturated carbocycles. The topological polar surface area (TPSA) is 84.7 Å². The Labute approximate surface area is 122 Å². The zero-order chi connectivity index (χ0) is 14.8. The van der Waals surface area contributed by atoms with E-state index in [0.29, 0.717) is 13.1 Å². The van der Waals surface area contributed by atoms with Gasteiger partial charge in [-0.15, -0.1) is 0 Å². The summed E-state index contributed by atoms with van der Waals surface area (Å²) in [6.07, 6.45) is 4.84. The van der Waals surface area contributed by atoms with Gasteiger partial charge in [-0.05, 0) is 26.7 Å². The van der Waals surface area contributed by atoms with E-state index in [1.165, 1.54) is 4.31 Å². The van der Waals surface area contributed by atoms with E-state index in [-0.39, 0.29) is 24.3 Å². The molecule has 2 rings (SSSR count). The molecule has 1 heterocycles. The number of hydrogen-bond donors (Lipinski definition) is 2. The SMILES string of the molecule is CC1CN(S(=O)(=O)NC2CCCCCC2N)CC(C)O1. The fourth-order valence-electron chi connectivity index (χ4n) is 3.08. The van der Waals surface area contributed by atoms with Crippen molar-refractivity contribution in [1.82, 2.24) is 9.03 Å². The van der Waals surface area contributed by atoms with Crippen molar-refractivity contribution in [3.05, 3.63) is 0 Å². The number of nitrogens with zero attached hydrogens (tertiary/aromatic N) is 1. The Balaban J connectivity index is 2.02. The largest absolute Gasteiger partial charge is 0.373 e. The molecule has 0 aromatic carbocycles. The van der Waals surface area contributed by atoms with Crippen LogP contribution in [-0.4, -0.2) is 50.1 Å². The van der Waals surface area contributed by atoms with Crippen LogP contribution >= 0.6 is 0 Å². The predicted octanol–water partition coefficient (Wildman–Crippen LogP) is 0.590. The van der Waals surface area contributed by atoms with Gasteiger partial charge in [-0.3, -0.25) is 0 Å². The van der Waals surface area contributed by atoms with E-state index in [2.05, 4.69) is 4.72 Å². The Hall–Kier alpha value is -0.210. The third kappa shape index (κ3) is 4.14. The minimum Gasteiger partial charge on any atom is -0.373 e. The molecule has 4 atom stereocenters. The van der Waals surface area contributed by atoms with Gasteiger partial charge in [0.1, 0.15) is 0 Å². The van der Waals surface area contributed by atoms with Crippen molar-refractivity contribution in [2.24, 2.45) is 5.73 Å². The molecule has 1 aliphatic carbocycles. The van der Waals surface area contributed by atoms with Crippen molar-refractivity contribution in [2.75, 3.05) is 13.1 Å². The van der Waals surface area contributed by atoms with Gasteiger partial charge in [-0.2, -0.15) is 17.4 Å². The number of nitrogens with one attached hydrogen (secondary N) is 1. The number of rotatable bonds is 3. The van der Waals surface area contributed by atoms with Gasteiger partial charge in [0.2, 0.25) is 0 Å². The Kier molecular flexibility index (Phi) is 5.42. The summed E-state index contributed by atoms with van der Waals surface area (Å²) in [5.41, 5.74) is 6.10. The molecule has 0 aromatic heterocycles. The fraction of sp³-hybridized carbons (Fsp3) is 1.00. The van der Waals surface area contributed by atoms with Gasteiger partial charge in [0.15, 0.2) is 0 Å². The molecule has 6 nitrogen and oxygen atoms in total. The Bertz CT molecular complexity index is 405. The van der Waals surface area contributed by atoms with E-state index in [4.69, 9.17) is 10.5 Å². The predicted molar refractivity (Wildman–Crippen MR) is 78.5 cm³/mol. The van der Waals surface area contributed by atoms with Crippen molar-refractivity contribution in [2.45, 2.75) is 70.2 Å². The molecule has 7 heteroatoms. The molecule has 2 aliphatic rings. The van der Waals surface area contributed by atoms with Crippen LogP contribution in [0.3, 0.4) is 0 Å². The Morgan fingerprint density at radius 1 is 1.10 bits per heavy atom. The minimum atomic E-state index is -3.47. The van der Waals surface area contributed by atoms with Gasteiger partial charge in [0.25, 0.3) is 10.2 Å². The van der Waals surface area contributed by atoms with Crippen LogP contribution in [0.2, 0.25) is 0 Å². The molecule has 20 heavy (non-hydrogen) atoms. The highest BCUT2D eigenvalue weighted by molar-refractivity contribution is 7.87. The van der Waals surface area contributed by atoms with E-state index < -0.39 is 10.2 Å². The summed E-state index contributed by atoms with van der Waals surface area (Å²) >= 11 is 0. The highest BCUT2D eigenvalue weighted by Gasteiger charge is 2.33. The van der Waals surface area contributed by atoms with Crippen LogP contribution in [0.5, 0.6) is 0 Å². The molecule has 118 valence electrons. The fourth-order valence-corrected chi connectivity index (χ4v) is 4.71. The van der Waals surface area contributed by atoms with Crippen LogP contribution in [-0.2, 0) is 14.9 Å². The number of hydrogen-bond acceptors (Lipinski definition) is 4. The summed E-state index contributed by atoms with van der Waals surface area (Å²) < 4.78 is 34.9. The molecular weight excluding hydrogens is 278 g/mol. The zero-order valence-electron chi connectivity index (χ0n) is 12.4. The maximum atomic E-state index is 12.5. The van der Waals surface area contributed by atoms with Gasteiger partial charge >= 0.3 is 0 Å². The van der Waals surface area contributed by atoms with E-state index in [1.54, 1.807) is 0 Å². The smallest absolute Gasteiger partial charge is 0.279 e. The van der Waals surface area contributed by atoms with Crippen LogP contribution in [0.1, 0.15) is 46.0 Å². The maximum absolute atomic E-state index is 12.5. The van der Waals surface area contributed by atoms with Crippen molar-refractivity contribution in [1.29, 1.82) is 0 Å². The second-order valence-electron chi connectivity index (χ2n) is 6.11. The molecule has 1 aliphatic heterocycles. The number of nitrogens with two attached hydrogens (primary N) is 1. The lowest BCUT2D eigenvalue weighted by atomic mass is 10.1. The van der Waals surface area contributed by atoms with Crippen LogP contribution in [0.4, 0.5) is 0 Å². The molecule has 4 unspecified atom stereocenters. The van der Waals surface area contributed by atoms with Crippen molar-refractivity contribution in [3.63, 3.8) is 0 Å². The Morgan fingerprint density at radius 2 is 1.70 bits per heavy atom. The molecule has 0 radical (unpaired) electrons. The average Bonchev–Trinajstić information content (AvgIpc) is 2.53.